The number of hydrogen-bond donors (Lipinski definition) is 0. The summed E-state index contributed by atoms with van der Waals surface area (Å²) in [7, 11) is 3.15. The number of benzene rings is 1. The molecule has 0 spiro atoms. The van der Waals surface area contributed by atoms with Gasteiger partial charge in [-0.25, -0.2) is 9.42 Å². The highest BCUT2D eigenvalue weighted by Crippen LogP contribution is 2.30. The number of aldehydes is 1. The van der Waals surface area contributed by atoms with Crippen LogP contribution in [0.3, 0.4) is 0 Å². The SMILES string of the molecule is CN(C)N(c1c(Br)cccc1C=O)S(=O)[O-]. The molecule has 16 heavy (non-hydrogen) atoms. The quantitative estimate of drug-likeness (QED) is 0.478. The molecule has 0 N–H and O–H groups in total. The molecule has 1 aromatic rings. The summed E-state index contributed by atoms with van der Waals surface area (Å²) < 4.78 is 23.7. The van der Waals surface area contributed by atoms with Crippen LogP contribution in [-0.4, -0.2) is 34.2 Å². The fourth-order valence-electron chi connectivity index (χ4n) is 1.24. The first kappa shape index (κ1) is 13.3. The third-order valence-corrected chi connectivity index (χ3v) is 3.27. The van der Waals surface area contributed by atoms with Crippen LogP contribution in [0.15, 0.2) is 22.7 Å². The zero-order valence-electron chi connectivity index (χ0n) is 8.71. The molecule has 0 amide bonds. The summed E-state index contributed by atoms with van der Waals surface area (Å²) in [6.07, 6.45) is 0.615. The van der Waals surface area contributed by atoms with E-state index in [1.54, 1.807) is 32.3 Å². The maximum atomic E-state index is 11.1. The molecule has 0 radical (unpaired) electrons. The predicted molar refractivity (Wildman–Crippen MR) is 64.6 cm³/mol. The van der Waals surface area contributed by atoms with E-state index in [0.717, 1.165) is 4.41 Å². The van der Waals surface area contributed by atoms with Crippen LogP contribution in [0.1, 0.15) is 10.4 Å². The largest absolute Gasteiger partial charge is 0.754 e. The van der Waals surface area contributed by atoms with Gasteiger partial charge in [-0.3, -0.25) is 9.00 Å². The van der Waals surface area contributed by atoms with E-state index >= 15 is 0 Å². The molecule has 0 saturated carbocycles. The van der Waals surface area contributed by atoms with Crippen molar-refractivity contribution in [2.24, 2.45) is 0 Å². The lowest BCUT2D eigenvalue weighted by Crippen LogP contribution is -2.39. The first-order valence-corrected chi connectivity index (χ1v) is 6.12. The van der Waals surface area contributed by atoms with Crippen molar-refractivity contribution in [2.45, 2.75) is 0 Å². The summed E-state index contributed by atoms with van der Waals surface area (Å²) >= 11 is 0.738. The number of carbonyl (C=O) groups excluding carboxylic acids is 1. The van der Waals surface area contributed by atoms with Crippen molar-refractivity contribution in [2.75, 3.05) is 18.5 Å². The minimum atomic E-state index is -2.49. The number of para-hydroxylation sites is 1. The molecule has 5 nitrogen and oxygen atoms in total. The van der Waals surface area contributed by atoms with Crippen molar-refractivity contribution in [3.8, 4) is 0 Å². The van der Waals surface area contributed by atoms with Gasteiger partial charge in [-0.15, -0.1) is 0 Å². The summed E-state index contributed by atoms with van der Waals surface area (Å²) in [6.45, 7) is 0. The topological polar surface area (TPSA) is 63.7 Å². The van der Waals surface area contributed by atoms with Crippen molar-refractivity contribution >= 4 is 39.2 Å². The molecule has 88 valence electrons. The Morgan fingerprint density at radius 2 is 2.06 bits per heavy atom. The second kappa shape index (κ2) is 5.53. The molecule has 0 aliphatic rings. The Kier molecular flexibility index (Phi) is 4.60. The second-order valence-electron chi connectivity index (χ2n) is 3.13. The Hall–Kier alpha value is -0.760. The zero-order chi connectivity index (χ0) is 12.3. The van der Waals surface area contributed by atoms with Crippen LogP contribution in [-0.2, 0) is 11.3 Å². The van der Waals surface area contributed by atoms with Crippen molar-refractivity contribution in [1.29, 1.82) is 0 Å². The highest BCUT2D eigenvalue weighted by molar-refractivity contribution is 9.10. The number of anilines is 1. The van der Waals surface area contributed by atoms with Crippen molar-refractivity contribution < 1.29 is 13.6 Å². The fourth-order valence-corrected chi connectivity index (χ4v) is 2.52. The Balaban J connectivity index is 3.38. The summed E-state index contributed by atoms with van der Waals surface area (Å²) in [6, 6.07) is 4.89. The van der Waals surface area contributed by atoms with Crippen molar-refractivity contribution in [3.63, 3.8) is 0 Å². The fraction of sp³-hybridized carbons (Fsp3) is 0.222. The van der Waals surface area contributed by atoms with Gasteiger partial charge < -0.3 is 4.55 Å². The van der Waals surface area contributed by atoms with Gasteiger partial charge in [0.25, 0.3) is 0 Å². The molecule has 0 saturated heterocycles. The van der Waals surface area contributed by atoms with E-state index in [4.69, 9.17) is 0 Å². The van der Waals surface area contributed by atoms with E-state index in [0.29, 0.717) is 22.0 Å². The van der Waals surface area contributed by atoms with Gasteiger partial charge in [0.2, 0.25) is 0 Å². The number of halogens is 1. The summed E-state index contributed by atoms with van der Waals surface area (Å²) in [4.78, 5) is 10.9. The van der Waals surface area contributed by atoms with Crippen LogP contribution in [0.5, 0.6) is 0 Å². The molecule has 0 aromatic heterocycles. The van der Waals surface area contributed by atoms with Gasteiger partial charge in [0.05, 0.1) is 17.0 Å². The smallest absolute Gasteiger partial charge is 0.152 e. The molecule has 7 heteroatoms. The number of carbonyl (C=O) groups is 1. The molecule has 1 aromatic carbocycles. The van der Waals surface area contributed by atoms with Gasteiger partial charge in [0, 0.05) is 24.1 Å². The molecule has 0 fully saturated rings. The van der Waals surface area contributed by atoms with E-state index < -0.39 is 11.3 Å². The summed E-state index contributed by atoms with van der Waals surface area (Å²) in [5, 5.41) is 1.37. The van der Waals surface area contributed by atoms with Crippen LogP contribution in [0.4, 0.5) is 5.69 Å². The van der Waals surface area contributed by atoms with Crippen molar-refractivity contribution in [1.82, 2.24) is 5.01 Å². The number of hydrogen-bond acceptors (Lipinski definition) is 4. The maximum Gasteiger partial charge on any atom is 0.152 e. The minimum absolute atomic E-state index is 0.298. The molecule has 0 heterocycles. The second-order valence-corrected chi connectivity index (χ2v) is 4.77. The van der Waals surface area contributed by atoms with E-state index in [-0.39, 0.29) is 0 Å². The average Bonchev–Trinajstić information content (AvgIpc) is 2.19. The predicted octanol–water partition coefficient (Wildman–Crippen LogP) is 1.34. The molecule has 0 aliphatic heterocycles. The Labute approximate surface area is 105 Å². The van der Waals surface area contributed by atoms with E-state index in [1.807, 2.05) is 0 Å². The Morgan fingerprint density at radius 3 is 2.50 bits per heavy atom. The van der Waals surface area contributed by atoms with E-state index in [9.17, 15) is 13.6 Å². The third-order valence-electron chi connectivity index (χ3n) is 1.84. The minimum Gasteiger partial charge on any atom is -0.754 e. The summed E-state index contributed by atoms with van der Waals surface area (Å²) in [5.74, 6) is 0. The Morgan fingerprint density at radius 1 is 1.44 bits per heavy atom. The first-order valence-electron chi connectivity index (χ1n) is 4.29. The lowest BCUT2D eigenvalue weighted by Gasteiger charge is -2.33. The van der Waals surface area contributed by atoms with E-state index in [2.05, 4.69) is 15.9 Å². The number of hydrazine groups is 1. The zero-order valence-corrected chi connectivity index (χ0v) is 11.1. The number of rotatable bonds is 4. The van der Waals surface area contributed by atoms with Crippen LogP contribution in [0.2, 0.25) is 0 Å². The van der Waals surface area contributed by atoms with Gasteiger partial charge in [-0.1, -0.05) is 6.07 Å². The van der Waals surface area contributed by atoms with Crippen molar-refractivity contribution in [3.05, 3.63) is 28.2 Å². The lowest BCUT2D eigenvalue weighted by atomic mass is 10.2. The average molecular weight is 306 g/mol. The molecular formula is C9H10BrN2O3S-. The normalized spacial score (nSPS) is 12.6. The molecule has 0 aliphatic carbocycles. The number of nitrogens with zero attached hydrogens (tertiary/aromatic N) is 2. The third kappa shape index (κ3) is 2.67. The monoisotopic (exact) mass is 305 g/mol. The Bertz CT molecular complexity index is 425. The van der Waals surface area contributed by atoms with Crippen LogP contribution in [0, 0.1) is 0 Å². The van der Waals surface area contributed by atoms with Gasteiger partial charge in [-0.2, -0.15) is 0 Å². The highest BCUT2D eigenvalue weighted by Gasteiger charge is 2.17. The molecule has 1 atom stereocenters. The van der Waals surface area contributed by atoms with Gasteiger partial charge in [0.15, 0.2) is 6.29 Å². The standard InChI is InChI=1S/C9H11BrN2O3S/c1-11(2)12(16(14)15)9-7(6-13)4-3-5-8(9)10/h3-6H,1-2H3,(H,14,15)/p-1. The van der Waals surface area contributed by atoms with Gasteiger partial charge in [0.1, 0.15) is 0 Å². The van der Waals surface area contributed by atoms with Crippen LogP contribution < -0.4 is 4.41 Å². The molecular weight excluding hydrogens is 296 g/mol. The highest BCUT2D eigenvalue weighted by atomic mass is 79.9. The van der Waals surface area contributed by atoms with Crippen LogP contribution in [0.25, 0.3) is 0 Å². The van der Waals surface area contributed by atoms with E-state index in [1.165, 1.54) is 5.01 Å². The molecule has 0 bridgehead atoms. The molecule has 1 unspecified atom stereocenters. The molecule has 1 rings (SSSR count). The first-order chi connectivity index (χ1) is 7.49. The lowest BCUT2D eigenvalue weighted by molar-refractivity contribution is 0.112. The van der Waals surface area contributed by atoms with Gasteiger partial charge in [-0.05, 0) is 28.1 Å². The van der Waals surface area contributed by atoms with Gasteiger partial charge >= 0.3 is 0 Å². The maximum absolute atomic E-state index is 11.1. The van der Waals surface area contributed by atoms with Crippen LogP contribution >= 0.6 is 15.9 Å². The summed E-state index contributed by atoms with van der Waals surface area (Å²) in [5.41, 5.74) is 0.600.